The van der Waals surface area contributed by atoms with E-state index in [1.54, 1.807) is 18.2 Å². The van der Waals surface area contributed by atoms with E-state index in [4.69, 9.17) is 13.9 Å². The van der Waals surface area contributed by atoms with Gasteiger partial charge >= 0.3 is 5.91 Å². The van der Waals surface area contributed by atoms with Gasteiger partial charge in [0.25, 0.3) is 11.6 Å². The predicted octanol–water partition coefficient (Wildman–Crippen LogP) is 4.27. The number of nitro groups is 1. The van der Waals surface area contributed by atoms with E-state index < -0.39 is 22.6 Å². The Morgan fingerprint density at radius 2 is 1.92 bits per heavy atom. The van der Waals surface area contributed by atoms with Crippen LogP contribution in [0.15, 0.2) is 76.2 Å². The number of fused-ring (bicyclic) bond motifs is 1. The molecule has 2 N–H and O–H groups in total. The molecule has 11 nitrogen and oxygen atoms in total. The molecule has 12 heteroatoms. The molecule has 1 heterocycles. The molecule has 0 atom stereocenters. The van der Waals surface area contributed by atoms with Crippen molar-refractivity contribution in [1.29, 1.82) is 0 Å². The van der Waals surface area contributed by atoms with Crippen LogP contribution in [0.3, 0.4) is 0 Å². The van der Waals surface area contributed by atoms with Gasteiger partial charge in [-0.1, -0.05) is 6.07 Å². The number of methoxy groups -OCH3 is 1. The minimum Gasteiger partial charge on any atom is -0.493 e. The average Bonchev–Trinajstić information content (AvgIpc) is 3.32. The summed E-state index contributed by atoms with van der Waals surface area (Å²) in [5, 5.41) is 17.8. The molecule has 37 heavy (non-hydrogen) atoms. The second-order valence-corrected chi connectivity index (χ2v) is 7.51. The Balaban J connectivity index is 1.43. The molecule has 0 aliphatic heterocycles. The van der Waals surface area contributed by atoms with Gasteiger partial charge < -0.3 is 19.2 Å². The maximum Gasteiger partial charge on any atom is 0.307 e. The van der Waals surface area contributed by atoms with E-state index in [0.29, 0.717) is 28.0 Å². The van der Waals surface area contributed by atoms with Gasteiger partial charge in [0, 0.05) is 28.8 Å². The summed E-state index contributed by atoms with van der Waals surface area (Å²) in [6, 6.07) is 15.5. The number of halogens is 1. The van der Waals surface area contributed by atoms with Crippen LogP contribution in [0.2, 0.25) is 0 Å². The van der Waals surface area contributed by atoms with Crippen LogP contribution in [0.4, 0.5) is 15.8 Å². The Labute approximate surface area is 208 Å². The van der Waals surface area contributed by atoms with Gasteiger partial charge in [-0.2, -0.15) is 5.10 Å². The van der Waals surface area contributed by atoms with E-state index in [0.717, 1.165) is 0 Å². The summed E-state index contributed by atoms with van der Waals surface area (Å²) < 4.78 is 29.4. The second kappa shape index (κ2) is 11.0. The normalized spacial score (nSPS) is 10.9. The number of para-hydroxylation sites is 1. The number of nitro benzene ring substituents is 1. The molecule has 1 aromatic heterocycles. The van der Waals surface area contributed by atoms with Gasteiger partial charge in [0.2, 0.25) is 0 Å². The lowest BCUT2D eigenvalue weighted by atomic mass is 10.2. The van der Waals surface area contributed by atoms with Gasteiger partial charge in [-0.05, 0) is 48.5 Å². The number of nitrogens with one attached hydrogen (secondary N) is 2. The Kier molecular flexibility index (Phi) is 7.38. The number of hydrogen-bond acceptors (Lipinski definition) is 8. The monoisotopic (exact) mass is 506 g/mol. The number of furan rings is 1. The summed E-state index contributed by atoms with van der Waals surface area (Å²) in [4.78, 5) is 35.1. The predicted molar refractivity (Wildman–Crippen MR) is 131 cm³/mol. The first kappa shape index (κ1) is 24.9. The fraction of sp³-hybridized carbons (Fsp3) is 0.0800. The fourth-order valence-corrected chi connectivity index (χ4v) is 3.29. The number of hydrogen-bond donors (Lipinski definition) is 2. The molecule has 0 aliphatic carbocycles. The van der Waals surface area contributed by atoms with Gasteiger partial charge in [0.05, 0.1) is 18.2 Å². The third-order valence-corrected chi connectivity index (χ3v) is 5.01. The first-order valence-electron chi connectivity index (χ1n) is 10.7. The maximum absolute atomic E-state index is 13.0. The molecule has 0 fully saturated rings. The zero-order valence-electron chi connectivity index (χ0n) is 19.3. The number of carbonyl (C=O) groups excluding carboxylic acids is 2. The molecule has 0 radical (unpaired) electrons. The molecule has 0 unspecified atom stereocenters. The lowest BCUT2D eigenvalue weighted by molar-refractivity contribution is -0.384. The number of ether oxygens (including phenoxy) is 2. The van der Waals surface area contributed by atoms with Crippen molar-refractivity contribution in [3.05, 3.63) is 94.0 Å². The molecule has 0 spiro atoms. The molecule has 4 aromatic rings. The summed E-state index contributed by atoms with van der Waals surface area (Å²) >= 11 is 0. The number of benzene rings is 3. The van der Waals surface area contributed by atoms with Crippen LogP contribution in [0.1, 0.15) is 16.1 Å². The summed E-state index contributed by atoms with van der Waals surface area (Å²) in [5.74, 6) is -1.16. The number of hydrazone groups is 1. The number of carbonyl (C=O) groups is 2. The van der Waals surface area contributed by atoms with E-state index in [9.17, 15) is 24.1 Å². The van der Waals surface area contributed by atoms with Crippen molar-refractivity contribution in [1.82, 2.24) is 5.43 Å². The van der Waals surface area contributed by atoms with E-state index in [-0.39, 0.29) is 23.8 Å². The zero-order chi connectivity index (χ0) is 26.4. The highest BCUT2D eigenvalue weighted by molar-refractivity contribution is 5.97. The number of anilines is 1. The Bertz CT molecular complexity index is 1500. The van der Waals surface area contributed by atoms with Gasteiger partial charge in [0.15, 0.2) is 23.9 Å². The van der Waals surface area contributed by atoms with Crippen molar-refractivity contribution in [2.45, 2.75) is 0 Å². The van der Waals surface area contributed by atoms with E-state index in [1.165, 1.54) is 61.9 Å². The van der Waals surface area contributed by atoms with Crippen LogP contribution in [0.5, 0.6) is 11.5 Å². The van der Waals surface area contributed by atoms with Crippen LogP contribution in [-0.4, -0.2) is 36.7 Å². The van der Waals surface area contributed by atoms with Crippen molar-refractivity contribution in [3.63, 3.8) is 0 Å². The Morgan fingerprint density at radius 3 is 2.65 bits per heavy atom. The van der Waals surface area contributed by atoms with Crippen molar-refractivity contribution in [3.8, 4) is 11.5 Å². The van der Waals surface area contributed by atoms with Crippen LogP contribution in [0, 0.1) is 15.9 Å². The summed E-state index contributed by atoms with van der Waals surface area (Å²) in [6.07, 6.45) is 1.29. The molecule has 0 saturated carbocycles. The van der Waals surface area contributed by atoms with Crippen molar-refractivity contribution in [2.75, 3.05) is 19.0 Å². The fourth-order valence-electron chi connectivity index (χ4n) is 3.29. The van der Waals surface area contributed by atoms with Crippen molar-refractivity contribution in [2.24, 2.45) is 5.10 Å². The molecule has 3 aromatic carbocycles. The minimum atomic E-state index is -0.681. The molecule has 0 aliphatic rings. The number of amides is 2. The summed E-state index contributed by atoms with van der Waals surface area (Å²) in [5.41, 5.74) is 3.29. The van der Waals surface area contributed by atoms with Crippen LogP contribution < -0.4 is 20.2 Å². The van der Waals surface area contributed by atoms with E-state index in [2.05, 4.69) is 15.8 Å². The zero-order valence-corrected chi connectivity index (χ0v) is 19.3. The Hall–Kier alpha value is -5.26. The third-order valence-electron chi connectivity index (χ3n) is 5.01. The smallest absolute Gasteiger partial charge is 0.307 e. The SMILES string of the molecule is COc1cccc(/C=N\NC(=O)c2cc3cc([N+](=O)[O-])ccc3o2)c1OCC(=O)Nc1ccc(F)cc1. The van der Waals surface area contributed by atoms with Crippen LogP contribution in [0.25, 0.3) is 11.0 Å². The molecule has 0 saturated heterocycles. The van der Waals surface area contributed by atoms with Gasteiger partial charge in [-0.15, -0.1) is 0 Å². The number of non-ortho nitro benzene ring substituents is 1. The highest BCUT2D eigenvalue weighted by Crippen LogP contribution is 2.30. The second-order valence-electron chi connectivity index (χ2n) is 7.51. The first-order valence-corrected chi connectivity index (χ1v) is 10.7. The molecule has 4 rings (SSSR count). The van der Waals surface area contributed by atoms with Crippen molar-refractivity contribution < 1.29 is 32.8 Å². The molecule has 0 bridgehead atoms. The lowest BCUT2D eigenvalue weighted by Crippen LogP contribution is -2.21. The molecule has 2 amide bonds. The standard InChI is InChI=1S/C25H19FN4O7/c1-35-21-4-2-3-15(24(21)36-14-23(31)28-18-7-5-17(26)6-8-18)13-27-29-25(32)22-12-16-11-19(30(33)34)9-10-20(16)37-22/h2-13H,14H2,1H3,(H,28,31)(H,29,32)/b27-13-. The van der Waals surface area contributed by atoms with Gasteiger partial charge in [0.1, 0.15) is 11.4 Å². The minimum absolute atomic E-state index is 0.0905. The van der Waals surface area contributed by atoms with E-state index in [1.807, 2.05) is 0 Å². The third kappa shape index (κ3) is 6.06. The molecular weight excluding hydrogens is 487 g/mol. The average molecular weight is 506 g/mol. The highest BCUT2D eigenvalue weighted by Gasteiger charge is 2.15. The quantitative estimate of drug-likeness (QED) is 0.196. The number of nitrogens with zero attached hydrogens (tertiary/aromatic N) is 2. The largest absolute Gasteiger partial charge is 0.493 e. The molecular formula is C25H19FN4O7. The summed E-state index contributed by atoms with van der Waals surface area (Å²) in [6.45, 7) is -0.379. The van der Waals surface area contributed by atoms with Crippen LogP contribution >= 0.6 is 0 Å². The number of rotatable bonds is 9. The lowest BCUT2D eigenvalue weighted by Gasteiger charge is -2.13. The van der Waals surface area contributed by atoms with Crippen molar-refractivity contribution >= 4 is 40.4 Å². The van der Waals surface area contributed by atoms with E-state index >= 15 is 0 Å². The molecule has 188 valence electrons. The summed E-state index contributed by atoms with van der Waals surface area (Å²) in [7, 11) is 1.43. The Morgan fingerprint density at radius 1 is 1.14 bits per heavy atom. The topological polar surface area (TPSA) is 145 Å². The van der Waals surface area contributed by atoms with Gasteiger partial charge in [-0.25, -0.2) is 9.82 Å². The van der Waals surface area contributed by atoms with Gasteiger partial charge in [-0.3, -0.25) is 19.7 Å². The first-order chi connectivity index (χ1) is 17.8. The van der Waals surface area contributed by atoms with Crippen LogP contribution in [-0.2, 0) is 4.79 Å². The highest BCUT2D eigenvalue weighted by atomic mass is 19.1. The maximum atomic E-state index is 13.0.